The molecule has 1 heterocycles. The van der Waals surface area contributed by atoms with Crippen molar-refractivity contribution in [2.24, 2.45) is 0 Å². The van der Waals surface area contributed by atoms with Crippen molar-refractivity contribution in [2.75, 3.05) is 0 Å². The first-order valence-corrected chi connectivity index (χ1v) is 6.60. The van der Waals surface area contributed by atoms with Crippen LogP contribution in [0.3, 0.4) is 0 Å². The van der Waals surface area contributed by atoms with Gasteiger partial charge in [0.25, 0.3) is 5.91 Å². The van der Waals surface area contributed by atoms with Gasteiger partial charge in [-0.2, -0.15) is 0 Å². The van der Waals surface area contributed by atoms with Crippen LogP contribution in [-0.2, 0) is 6.54 Å². The number of nitrogens with zero attached hydrogens (tertiary/aromatic N) is 1. The van der Waals surface area contributed by atoms with E-state index >= 15 is 0 Å². The minimum absolute atomic E-state index is 0.151. The van der Waals surface area contributed by atoms with Gasteiger partial charge in [-0.05, 0) is 18.2 Å². The van der Waals surface area contributed by atoms with Crippen LogP contribution in [0.15, 0.2) is 60.8 Å². The lowest BCUT2D eigenvalue weighted by atomic mass is 10.1. The number of carbonyl (C=O) groups is 1. The van der Waals surface area contributed by atoms with E-state index in [0.29, 0.717) is 11.1 Å². The number of halogens is 1. The molecule has 0 aliphatic carbocycles. The molecular formula is C17H13FN2O. The van der Waals surface area contributed by atoms with Crippen LogP contribution in [0.1, 0.15) is 15.9 Å². The lowest BCUT2D eigenvalue weighted by Crippen LogP contribution is -2.23. The van der Waals surface area contributed by atoms with Crippen molar-refractivity contribution in [3.05, 3.63) is 77.7 Å². The molecule has 3 aromatic rings. The molecule has 0 saturated carbocycles. The van der Waals surface area contributed by atoms with E-state index in [9.17, 15) is 9.18 Å². The number of para-hydroxylation sites is 1. The molecule has 0 spiro atoms. The number of nitrogens with one attached hydrogen (secondary N) is 1. The Bertz CT molecular complexity index is 801. The number of carbonyl (C=O) groups excluding carboxylic acids is 1. The summed E-state index contributed by atoms with van der Waals surface area (Å²) in [4.78, 5) is 16.3. The molecule has 1 amide bonds. The average Bonchev–Trinajstić information content (AvgIpc) is 2.53. The van der Waals surface area contributed by atoms with Crippen LogP contribution in [0.5, 0.6) is 0 Å². The molecule has 3 rings (SSSR count). The van der Waals surface area contributed by atoms with Crippen LogP contribution in [0.4, 0.5) is 4.39 Å². The number of hydrogen-bond acceptors (Lipinski definition) is 2. The highest BCUT2D eigenvalue weighted by Gasteiger charge is 2.08. The zero-order valence-electron chi connectivity index (χ0n) is 11.2. The summed E-state index contributed by atoms with van der Waals surface area (Å²) in [6.07, 6.45) is 1.53. The number of hydrogen-bond donors (Lipinski definition) is 1. The van der Waals surface area contributed by atoms with Gasteiger partial charge in [0.05, 0.1) is 11.1 Å². The van der Waals surface area contributed by atoms with Gasteiger partial charge in [0.15, 0.2) is 0 Å². The van der Waals surface area contributed by atoms with Gasteiger partial charge < -0.3 is 5.32 Å². The Morgan fingerprint density at radius 1 is 1.10 bits per heavy atom. The van der Waals surface area contributed by atoms with Gasteiger partial charge >= 0.3 is 0 Å². The number of fused-ring (bicyclic) bond motifs is 1. The van der Waals surface area contributed by atoms with Crippen molar-refractivity contribution in [3.8, 4) is 0 Å². The molecule has 0 saturated heterocycles. The number of benzene rings is 2. The Hall–Kier alpha value is -2.75. The predicted molar refractivity (Wildman–Crippen MR) is 79.3 cm³/mol. The summed E-state index contributed by atoms with van der Waals surface area (Å²) in [7, 11) is 0. The van der Waals surface area contributed by atoms with E-state index in [1.165, 1.54) is 12.3 Å². The highest BCUT2D eigenvalue weighted by molar-refractivity contribution is 5.97. The van der Waals surface area contributed by atoms with Gasteiger partial charge in [-0.25, -0.2) is 4.39 Å². The van der Waals surface area contributed by atoms with Crippen molar-refractivity contribution in [1.82, 2.24) is 10.3 Å². The Kier molecular flexibility index (Phi) is 3.60. The van der Waals surface area contributed by atoms with Gasteiger partial charge in [-0.3, -0.25) is 9.78 Å². The summed E-state index contributed by atoms with van der Waals surface area (Å²) in [5.41, 5.74) is 1.76. The summed E-state index contributed by atoms with van der Waals surface area (Å²) in [6.45, 7) is 0.151. The maximum absolute atomic E-state index is 13.5. The molecule has 1 N–H and O–H groups in total. The third-order valence-corrected chi connectivity index (χ3v) is 3.25. The van der Waals surface area contributed by atoms with E-state index < -0.39 is 0 Å². The monoisotopic (exact) mass is 280 g/mol. The highest BCUT2D eigenvalue weighted by atomic mass is 19.1. The van der Waals surface area contributed by atoms with E-state index in [0.717, 1.165) is 10.9 Å². The Morgan fingerprint density at radius 2 is 1.86 bits per heavy atom. The van der Waals surface area contributed by atoms with Crippen LogP contribution in [0.25, 0.3) is 10.9 Å². The fourth-order valence-corrected chi connectivity index (χ4v) is 2.11. The third-order valence-electron chi connectivity index (χ3n) is 3.25. The van der Waals surface area contributed by atoms with Crippen LogP contribution in [-0.4, -0.2) is 10.9 Å². The molecule has 2 aromatic carbocycles. The first-order chi connectivity index (χ1) is 10.2. The Morgan fingerprint density at radius 3 is 2.71 bits per heavy atom. The maximum atomic E-state index is 13.5. The fraction of sp³-hybridized carbons (Fsp3) is 0.0588. The van der Waals surface area contributed by atoms with Gasteiger partial charge in [0.2, 0.25) is 0 Å². The maximum Gasteiger partial charge on any atom is 0.253 e. The first kappa shape index (κ1) is 13.2. The third kappa shape index (κ3) is 2.89. The second-order valence-electron chi connectivity index (χ2n) is 4.69. The summed E-state index contributed by atoms with van der Waals surface area (Å²) >= 11 is 0. The molecule has 3 nitrogen and oxygen atoms in total. The van der Waals surface area contributed by atoms with Gasteiger partial charge in [0, 0.05) is 23.7 Å². The zero-order valence-corrected chi connectivity index (χ0v) is 11.2. The molecule has 0 aliphatic heterocycles. The van der Waals surface area contributed by atoms with Gasteiger partial charge in [-0.1, -0.05) is 36.4 Å². The van der Waals surface area contributed by atoms with Crippen LogP contribution in [0, 0.1) is 5.82 Å². The summed E-state index contributed by atoms with van der Waals surface area (Å²) in [5.74, 6) is -0.592. The molecule has 0 aliphatic rings. The van der Waals surface area contributed by atoms with Crippen molar-refractivity contribution in [3.63, 3.8) is 0 Å². The van der Waals surface area contributed by atoms with E-state index in [4.69, 9.17) is 0 Å². The molecule has 0 atom stereocenters. The molecule has 104 valence electrons. The van der Waals surface area contributed by atoms with Crippen LogP contribution >= 0.6 is 0 Å². The molecule has 0 unspecified atom stereocenters. The molecule has 0 radical (unpaired) electrons. The van der Waals surface area contributed by atoms with E-state index in [2.05, 4.69) is 10.3 Å². The van der Waals surface area contributed by atoms with Crippen molar-refractivity contribution in [1.29, 1.82) is 0 Å². The van der Waals surface area contributed by atoms with Gasteiger partial charge in [0.1, 0.15) is 5.82 Å². The van der Waals surface area contributed by atoms with Crippen molar-refractivity contribution < 1.29 is 9.18 Å². The second kappa shape index (κ2) is 5.71. The molecule has 21 heavy (non-hydrogen) atoms. The Balaban J connectivity index is 1.76. The van der Waals surface area contributed by atoms with E-state index in [-0.39, 0.29) is 18.3 Å². The minimum atomic E-state index is -0.325. The first-order valence-electron chi connectivity index (χ1n) is 6.60. The summed E-state index contributed by atoms with van der Waals surface area (Å²) in [6, 6.07) is 15.7. The standard InChI is InChI=1S/C17H13FN2O/c18-15-7-3-1-6-13(15)10-20-17(21)14-9-12-5-2-4-8-16(12)19-11-14/h1-9,11H,10H2,(H,20,21). The lowest BCUT2D eigenvalue weighted by molar-refractivity contribution is 0.0950. The average molecular weight is 280 g/mol. The van der Waals surface area contributed by atoms with Gasteiger partial charge in [-0.15, -0.1) is 0 Å². The fourth-order valence-electron chi connectivity index (χ4n) is 2.11. The number of amides is 1. The van der Waals surface area contributed by atoms with E-state index in [1.54, 1.807) is 24.3 Å². The summed E-state index contributed by atoms with van der Waals surface area (Å²) in [5, 5.41) is 3.60. The number of aromatic nitrogens is 1. The van der Waals surface area contributed by atoms with Crippen molar-refractivity contribution in [2.45, 2.75) is 6.54 Å². The normalized spacial score (nSPS) is 10.5. The molecule has 0 fully saturated rings. The number of pyridine rings is 1. The smallest absolute Gasteiger partial charge is 0.253 e. The molecule has 4 heteroatoms. The minimum Gasteiger partial charge on any atom is -0.348 e. The second-order valence-corrected chi connectivity index (χ2v) is 4.69. The quantitative estimate of drug-likeness (QED) is 0.799. The molecule has 0 bridgehead atoms. The zero-order chi connectivity index (χ0) is 14.7. The largest absolute Gasteiger partial charge is 0.348 e. The van der Waals surface area contributed by atoms with Crippen LogP contribution < -0.4 is 5.32 Å². The number of rotatable bonds is 3. The van der Waals surface area contributed by atoms with Crippen LogP contribution in [0.2, 0.25) is 0 Å². The molecule has 1 aromatic heterocycles. The summed E-state index contributed by atoms with van der Waals surface area (Å²) < 4.78 is 13.5. The van der Waals surface area contributed by atoms with Crippen molar-refractivity contribution >= 4 is 16.8 Å². The topological polar surface area (TPSA) is 42.0 Å². The lowest BCUT2D eigenvalue weighted by Gasteiger charge is -2.07. The SMILES string of the molecule is O=C(NCc1ccccc1F)c1cnc2ccccc2c1. The van der Waals surface area contributed by atoms with E-state index in [1.807, 2.05) is 24.3 Å². The Labute approximate surface area is 121 Å². The predicted octanol–water partition coefficient (Wildman–Crippen LogP) is 3.30. The highest BCUT2D eigenvalue weighted by Crippen LogP contribution is 2.13. The molecular weight excluding hydrogens is 267 g/mol.